The molecule has 1 aromatic heterocycles. The molecule has 2 rings (SSSR count). The van der Waals surface area contributed by atoms with Gasteiger partial charge in [-0.3, -0.25) is 14.3 Å². The molecule has 0 spiro atoms. The zero-order valence-electron chi connectivity index (χ0n) is 10.9. The average molecular weight is 288 g/mol. The van der Waals surface area contributed by atoms with E-state index in [1.807, 2.05) is 0 Å². The highest BCUT2D eigenvalue weighted by Gasteiger charge is 2.55. The van der Waals surface area contributed by atoms with E-state index in [0.717, 1.165) is 4.57 Å². The predicted molar refractivity (Wildman–Crippen MR) is 65.0 cm³/mol. The highest BCUT2D eigenvalue weighted by molar-refractivity contribution is 5.04. The Labute approximate surface area is 113 Å². The van der Waals surface area contributed by atoms with Gasteiger partial charge in [0.2, 0.25) is 5.79 Å². The summed E-state index contributed by atoms with van der Waals surface area (Å²) >= 11 is 0. The molecule has 1 unspecified atom stereocenters. The van der Waals surface area contributed by atoms with Crippen LogP contribution in [-0.4, -0.2) is 56.6 Å². The Morgan fingerprint density at radius 3 is 2.65 bits per heavy atom. The van der Waals surface area contributed by atoms with Crippen molar-refractivity contribution < 1.29 is 24.8 Å². The van der Waals surface area contributed by atoms with Crippen LogP contribution in [0.2, 0.25) is 0 Å². The van der Waals surface area contributed by atoms with Crippen LogP contribution in [0.25, 0.3) is 0 Å². The monoisotopic (exact) mass is 288 g/mol. The Kier molecular flexibility index (Phi) is 3.80. The number of H-pyrrole nitrogens is 1. The number of rotatable bonds is 3. The first kappa shape index (κ1) is 14.9. The van der Waals surface area contributed by atoms with Gasteiger partial charge in [-0.2, -0.15) is 0 Å². The van der Waals surface area contributed by atoms with Gasteiger partial charge < -0.3 is 24.8 Å². The van der Waals surface area contributed by atoms with Crippen molar-refractivity contribution in [3.63, 3.8) is 0 Å². The molecule has 1 aliphatic rings. The number of nitrogens with zero attached hydrogens (tertiary/aromatic N) is 1. The van der Waals surface area contributed by atoms with Gasteiger partial charge in [0.15, 0.2) is 6.23 Å². The van der Waals surface area contributed by atoms with Crippen molar-refractivity contribution >= 4 is 0 Å². The Bertz CT molecular complexity index is 604. The lowest BCUT2D eigenvalue weighted by Crippen LogP contribution is -2.47. The van der Waals surface area contributed by atoms with Gasteiger partial charge in [-0.15, -0.1) is 0 Å². The molecule has 20 heavy (non-hydrogen) atoms. The second-order valence-electron chi connectivity index (χ2n) is 4.60. The molecule has 4 atom stereocenters. The van der Waals surface area contributed by atoms with Crippen molar-refractivity contribution in [2.45, 2.75) is 31.1 Å². The van der Waals surface area contributed by atoms with E-state index >= 15 is 0 Å². The lowest BCUT2D eigenvalue weighted by Gasteiger charge is -2.27. The normalized spacial score (nSPS) is 33.5. The standard InChI is InChI=1S/C11H16N2O7/c1-5-3-13(10(18)12-8(5)17)9-6(15)7(16)11(4-14,19-2)20-9/h3,6-7,9,14-16H,4H2,1-2H3,(H,12,17,18)/t6-,7+,9?,11-/m1/s1. The van der Waals surface area contributed by atoms with E-state index in [9.17, 15) is 24.9 Å². The summed E-state index contributed by atoms with van der Waals surface area (Å²) in [5.41, 5.74) is -1.13. The number of aryl methyl sites for hydroxylation is 1. The largest absolute Gasteiger partial charge is 0.391 e. The number of ether oxygens (including phenoxy) is 2. The van der Waals surface area contributed by atoms with Gasteiger partial charge in [0.1, 0.15) is 18.8 Å². The van der Waals surface area contributed by atoms with Crippen LogP contribution in [-0.2, 0) is 9.47 Å². The summed E-state index contributed by atoms with van der Waals surface area (Å²) in [6.45, 7) is 0.761. The zero-order chi connectivity index (χ0) is 15.1. The fourth-order valence-corrected chi connectivity index (χ4v) is 2.12. The van der Waals surface area contributed by atoms with Crippen LogP contribution in [0.15, 0.2) is 15.8 Å². The first-order valence-corrected chi connectivity index (χ1v) is 5.88. The lowest BCUT2D eigenvalue weighted by molar-refractivity contribution is -0.269. The fourth-order valence-electron chi connectivity index (χ4n) is 2.12. The second kappa shape index (κ2) is 5.11. The molecule has 2 heterocycles. The van der Waals surface area contributed by atoms with Crippen LogP contribution in [0.4, 0.5) is 0 Å². The Morgan fingerprint density at radius 2 is 2.15 bits per heavy atom. The number of aliphatic hydroxyl groups excluding tert-OH is 3. The Hall–Kier alpha value is -1.52. The number of hydrogen-bond acceptors (Lipinski definition) is 7. The number of hydrogen-bond donors (Lipinski definition) is 4. The molecule has 0 bridgehead atoms. The van der Waals surface area contributed by atoms with Crippen molar-refractivity contribution in [2.75, 3.05) is 13.7 Å². The molecule has 1 fully saturated rings. The molecular formula is C11H16N2O7. The van der Waals surface area contributed by atoms with Crippen molar-refractivity contribution in [3.05, 3.63) is 32.6 Å². The first-order chi connectivity index (χ1) is 9.36. The van der Waals surface area contributed by atoms with Crippen molar-refractivity contribution in [3.8, 4) is 0 Å². The fraction of sp³-hybridized carbons (Fsp3) is 0.636. The van der Waals surface area contributed by atoms with Gasteiger partial charge in [-0.05, 0) is 6.92 Å². The highest BCUT2D eigenvalue weighted by Crippen LogP contribution is 2.36. The van der Waals surface area contributed by atoms with Crippen LogP contribution in [0.3, 0.4) is 0 Å². The minimum Gasteiger partial charge on any atom is -0.391 e. The van der Waals surface area contributed by atoms with E-state index in [2.05, 4.69) is 4.98 Å². The van der Waals surface area contributed by atoms with E-state index in [1.165, 1.54) is 20.2 Å². The summed E-state index contributed by atoms with van der Waals surface area (Å²) in [7, 11) is 1.19. The summed E-state index contributed by atoms with van der Waals surface area (Å²) in [6.07, 6.45) is -3.16. The van der Waals surface area contributed by atoms with E-state index < -0.39 is 42.1 Å². The van der Waals surface area contributed by atoms with Crippen LogP contribution in [0, 0.1) is 6.92 Å². The maximum atomic E-state index is 11.8. The molecular weight excluding hydrogens is 272 g/mol. The first-order valence-electron chi connectivity index (χ1n) is 5.88. The van der Waals surface area contributed by atoms with Crippen molar-refractivity contribution in [1.29, 1.82) is 0 Å². The van der Waals surface area contributed by atoms with Gasteiger partial charge >= 0.3 is 5.69 Å². The van der Waals surface area contributed by atoms with Gasteiger partial charge in [0.25, 0.3) is 5.56 Å². The third kappa shape index (κ3) is 2.09. The zero-order valence-corrected chi connectivity index (χ0v) is 10.9. The third-order valence-corrected chi connectivity index (χ3v) is 3.37. The Morgan fingerprint density at radius 1 is 1.50 bits per heavy atom. The molecule has 1 aromatic rings. The molecule has 0 radical (unpaired) electrons. The summed E-state index contributed by atoms with van der Waals surface area (Å²) < 4.78 is 11.1. The van der Waals surface area contributed by atoms with Crippen LogP contribution in [0.1, 0.15) is 11.8 Å². The topological polar surface area (TPSA) is 134 Å². The SMILES string of the molecule is CO[C@]1(CO)OC(n2cc(C)c(=O)[nH]c2=O)[C@H](O)[C@@H]1O. The number of aliphatic hydroxyl groups is 3. The average Bonchev–Trinajstić information content (AvgIpc) is 2.68. The van der Waals surface area contributed by atoms with Crippen LogP contribution in [0.5, 0.6) is 0 Å². The summed E-state index contributed by atoms with van der Waals surface area (Å²) in [4.78, 5) is 25.1. The molecule has 112 valence electrons. The van der Waals surface area contributed by atoms with E-state index in [4.69, 9.17) is 9.47 Å². The smallest absolute Gasteiger partial charge is 0.330 e. The van der Waals surface area contributed by atoms with Gasteiger partial charge in [0.05, 0.1) is 0 Å². The maximum absolute atomic E-state index is 11.8. The molecule has 0 aliphatic carbocycles. The molecule has 4 N–H and O–H groups in total. The van der Waals surface area contributed by atoms with Crippen molar-refractivity contribution in [2.24, 2.45) is 0 Å². The van der Waals surface area contributed by atoms with E-state index in [0.29, 0.717) is 0 Å². The van der Waals surface area contributed by atoms with Gasteiger partial charge in [-0.25, -0.2) is 4.79 Å². The molecule has 1 aliphatic heterocycles. The lowest BCUT2D eigenvalue weighted by atomic mass is 10.1. The van der Waals surface area contributed by atoms with Crippen LogP contribution < -0.4 is 11.2 Å². The summed E-state index contributed by atoms with van der Waals surface area (Å²) in [5, 5.41) is 29.2. The minimum atomic E-state index is -1.83. The summed E-state index contributed by atoms with van der Waals surface area (Å²) in [6, 6.07) is 0. The predicted octanol–water partition coefficient (Wildman–Crippen LogP) is -2.57. The molecule has 0 aromatic carbocycles. The minimum absolute atomic E-state index is 0.230. The Balaban J connectivity index is 2.47. The second-order valence-corrected chi connectivity index (χ2v) is 4.60. The quantitative estimate of drug-likeness (QED) is 0.480. The van der Waals surface area contributed by atoms with Crippen LogP contribution >= 0.6 is 0 Å². The molecule has 1 saturated heterocycles. The van der Waals surface area contributed by atoms with E-state index in [1.54, 1.807) is 0 Å². The van der Waals surface area contributed by atoms with Crippen molar-refractivity contribution in [1.82, 2.24) is 9.55 Å². The number of nitrogens with one attached hydrogen (secondary N) is 1. The number of aromatic amines is 1. The molecule has 0 saturated carbocycles. The molecule has 9 heteroatoms. The number of aromatic nitrogens is 2. The third-order valence-electron chi connectivity index (χ3n) is 3.37. The van der Waals surface area contributed by atoms with E-state index in [-0.39, 0.29) is 5.56 Å². The highest BCUT2D eigenvalue weighted by atomic mass is 16.7. The number of methoxy groups -OCH3 is 1. The van der Waals surface area contributed by atoms with Gasteiger partial charge in [0, 0.05) is 18.9 Å². The van der Waals surface area contributed by atoms with Gasteiger partial charge in [-0.1, -0.05) is 0 Å². The summed E-state index contributed by atoms with van der Waals surface area (Å²) in [5.74, 6) is -1.83. The maximum Gasteiger partial charge on any atom is 0.330 e. The molecule has 9 nitrogen and oxygen atoms in total. The molecule has 0 amide bonds.